The Balaban J connectivity index is 2.76. The van der Waals surface area contributed by atoms with E-state index < -0.39 is 0 Å². The molecular formula is C9H15N3OS. The first-order chi connectivity index (χ1) is 6.69. The van der Waals surface area contributed by atoms with Gasteiger partial charge in [0.2, 0.25) is 5.91 Å². The minimum atomic E-state index is 0.0457. The Morgan fingerprint density at radius 2 is 2.43 bits per heavy atom. The largest absolute Gasteiger partial charge is 0.330 e. The number of aryl methyl sites for hydroxylation is 1. The maximum atomic E-state index is 11.6. The molecule has 0 aromatic carbocycles. The number of hydrogen-bond donors (Lipinski definition) is 1. The molecule has 0 spiro atoms. The number of amides is 1. The molecule has 1 aromatic heterocycles. The average Bonchev–Trinajstić information content (AvgIpc) is 2.54. The van der Waals surface area contributed by atoms with E-state index in [2.05, 4.69) is 4.98 Å². The van der Waals surface area contributed by atoms with Crippen molar-refractivity contribution in [2.45, 2.75) is 20.3 Å². The fourth-order valence-corrected chi connectivity index (χ4v) is 2.03. The lowest BCUT2D eigenvalue weighted by molar-refractivity contribution is -0.118. The SMILES string of the molecule is CCN(C(=O)CCN)c1nc(C)cs1. The lowest BCUT2D eigenvalue weighted by Gasteiger charge is -2.16. The molecular weight excluding hydrogens is 198 g/mol. The van der Waals surface area contributed by atoms with E-state index in [1.807, 2.05) is 19.2 Å². The number of anilines is 1. The third-order valence-corrected chi connectivity index (χ3v) is 2.79. The van der Waals surface area contributed by atoms with Crippen LogP contribution in [0.2, 0.25) is 0 Å². The molecule has 1 heterocycles. The third-order valence-electron chi connectivity index (χ3n) is 1.81. The monoisotopic (exact) mass is 213 g/mol. The Kier molecular flexibility index (Phi) is 4.03. The number of hydrogen-bond acceptors (Lipinski definition) is 4. The van der Waals surface area contributed by atoms with Crippen molar-refractivity contribution in [3.63, 3.8) is 0 Å². The van der Waals surface area contributed by atoms with Gasteiger partial charge in [-0.15, -0.1) is 11.3 Å². The summed E-state index contributed by atoms with van der Waals surface area (Å²) in [5.41, 5.74) is 6.29. The lowest BCUT2D eigenvalue weighted by Crippen LogP contribution is -2.31. The van der Waals surface area contributed by atoms with Crippen LogP contribution < -0.4 is 10.6 Å². The van der Waals surface area contributed by atoms with Crippen molar-refractivity contribution in [3.05, 3.63) is 11.1 Å². The molecule has 0 atom stereocenters. The molecule has 1 amide bonds. The van der Waals surface area contributed by atoms with Crippen molar-refractivity contribution < 1.29 is 4.79 Å². The predicted octanol–water partition coefficient (Wildman–Crippen LogP) is 1.15. The molecule has 0 radical (unpaired) electrons. The highest BCUT2D eigenvalue weighted by Crippen LogP contribution is 2.20. The Labute approximate surface area is 87.7 Å². The van der Waals surface area contributed by atoms with Crippen LogP contribution in [0.5, 0.6) is 0 Å². The van der Waals surface area contributed by atoms with Crippen LogP contribution in [0.3, 0.4) is 0 Å². The maximum absolute atomic E-state index is 11.6. The fourth-order valence-electron chi connectivity index (χ4n) is 1.14. The molecule has 1 aromatic rings. The van der Waals surface area contributed by atoms with E-state index in [4.69, 9.17) is 5.73 Å². The standard InChI is InChI=1S/C9H15N3OS/c1-3-12(8(13)4-5-10)9-11-7(2)6-14-9/h6H,3-5,10H2,1-2H3. The molecule has 0 saturated heterocycles. The highest BCUT2D eigenvalue weighted by atomic mass is 32.1. The average molecular weight is 213 g/mol. The number of rotatable bonds is 4. The van der Waals surface area contributed by atoms with Gasteiger partial charge in [0.25, 0.3) is 0 Å². The van der Waals surface area contributed by atoms with Crippen LogP contribution in [0.4, 0.5) is 5.13 Å². The van der Waals surface area contributed by atoms with Gasteiger partial charge in [0, 0.05) is 24.9 Å². The first kappa shape index (κ1) is 11.1. The summed E-state index contributed by atoms with van der Waals surface area (Å²) in [6.45, 7) is 4.89. The number of nitrogens with zero attached hydrogens (tertiary/aromatic N) is 2. The maximum Gasteiger partial charge on any atom is 0.230 e. The van der Waals surface area contributed by atoms with Crippen molar-refractivity contribution in [1.82, 2.24) is 4.98 Å². The first-order valence-corrected chi connectivity index (χ1v) is 5.49. The Hall–Kier alpha value is -0.940. The van der Waals surface area contributed by atoms with Gasteiger partial charge >= 0.3 is 0 Å². The van der Waals surface area contributed by atoms with E-state index in [9.17, 15) is 4.79 Å². The topological polar surface area (TPSA) is 59.2 Å². The van der Waals surface area contributed by atoms with Crippen LogP contribution in [0.15, 0.2) is 5.38 Å². The Bertz CT molecular complexity index is 311. The van der Waals surface area contributed by atoms with Gasteiger partial charge in [-0.1, -0.05) is 0 Å². The van der Waals surface area contributed by atoms with Crippen LogP contribution in [0, 0.1) is 6.92 Å². The minimum absolute atomic E-state index is 0.0457. The van der Waals surface area contributed by atoms with E-state index >= 15 is 0 Å². The summed E-state index contributed by atoms with van der Waals surface area (Å²) >= 11 is 1.49. The fraction of sp³-hybridized carbons (Fsp3) is 0.556. The van der Waals surface area contributed by atoms with Gasteiger partial charge in [0.1, 0.15) is 0 Å². The molecule has 0 fully saturated rings. The molecule has 0 aliphatic heterocycles. The van der Waals surface area contributed by atoms with Gasteiger partial charge in [-0.05, 0) is 13.8 Å². The van der Waals surface area contributed by atoms with Crippen LogP contribution in [0.1, 0.15) is 19.0 Å². The highest BCUT2D eigenvalue weighted by Gasteiger charge is 2.15. The molecule has 4 nitrogen and oxygen atoms in total. The van der Waals surface area contributed by atoms with Crippen LogP contribution in [0.25, 0.3) is 0 Å². The van der Waals surface area contributed by atoms with Crippen molar-refractivity contribution >= 4 is 22.4 Å². The zero-order valence-electron chi connectivity index (χ0n) is 8.49. The zero-order chi connectivity index (χ0) is 10.6. The summed E-state index contributed by atoms with van der Waals surface area (Å²) < 4.78 is 0. The third kappa shape index (κ3) is 2.52. The van der Waals surface area contributed by atoms with Gasteiger partial charge in [0.15, 0.2) is 5.13 Å². The second-order valence-corrected chi connectivity index (χ2v) is 3.78. The summed E-state index contributed by atoms with van der Waals surface area (Å²) in [4.78, 5) is 17.5. The molecule has 0 aliphatic carbocycles. The molecule has 14 heavy (non-hydrogen) atoms. The van der Waals surface area contributed by atoms with Gasteiger partial charge in [-0.25, -0.2) is 4.98 Å². The molecule has 5 heteroatoms. The molecule has 78 valence electrons. The Morgan fingerprint density at radius 1 is 1.71 bits per heavy atom. The number of aromatic nitrogens is 1. The lowest BCUT2D eigenvalue weighted by atomic mass is 10.4. The molecule has 0 saturated carbocycles. The van der Waals surface area contributed by atoms with Crippen LogP contribution >= 0.6 is 11.3 Å². The molecule has 0 unspecified atom stereocenters. The normalized spacial score (nSPS) is 10.2. The van der Waals surface area contributed by atoms with Gasteiger partial charge < -0.3 is 5.73 Å². The molecule has 1 rings (SSSR count). The van der Waals surface area contributed by atoms with E-state index in [1.165, 1.54) is 11.3 Å². The van der Waals surface area contributed by atoms with Crippen molar-refractivity contribution in [2.75, 3.05) is 18.0 Å². The summed E-state index contributed by atoms with van der Waals surface area (Å²) in [6.07, 6.45) is 0.381. The van der Waals surface area contributed by atoms with Crippen molar-refractivity contribution in [3.8, 4) is 0 Å². The van der Waals surface area contributed by atoms with Crippen molar-refractivity contribution in [1.29, 1.82) is 0 Å². The minimum Gasteiger partial charge on any atom is -0.330 e. The summed E-state index contributed by atoms with van der Waals surface area (Å²) in [6, 6.07) is 0. The van der Waals surface area contributed by atoms with Crippen LogP contribution in [-0.4, -0.2) is 24.0 Å². The second-order valence-electron chi connectivity index (χ2n) is 2.95. The summed E-state index contributed by atoms with van der Waals surface area (Å²) in [7, 11) is 0. The molecule has 2 N–H and O–H groups in total. The Morgan fingerprint density at radius 3 is 2.86 bits per heavy atom. The molecule has 0 bridgehead atoms. The quantitative estimate of drug-likeness (QED) is 0.816. The highest BCUT2D eigenvalue weighted by molar-refractivity contribution is 7.14. The van der Waals surface area contributed by atoms with Gasteiger partial charge in [-0.3, -0.25) is 9.69 Å². The summed E-state index contributed by atoms with van der Waals surface area (Å²) in [5, 5.41) is 2.71. The number of carbonyl (C=O) groups excluding carboxylic acids is 1. The van der Waals surface area contributed by atoms with E-state index in [1.54, 1.807) is 4.90 Å². The van der Waals surface area contributed by atoms with Crippen molar-refractivity contribution in [2.24, 2.45) is 5.73 Å². The smallest absolute Gasteiger partial charge is 0.230 e. The number of nitrogens with two attached hydrogens (primary N) is 1. The zero-order valence-corrected chi connectivity index (χ0v) is 9.30. The number of carbonyl (C=O) groups is 1. The van der Waals surface area contributed by atoms with E-state index in [-0.39, 0.29) is 5.91 Å². The van der Waals surface area contributed by atoms with E-state index in [0.29, 0.717) is 19.5 Å². The number of thiazole rings is 1. The predicted molar refractivity (Wildman–Crippen MR) is 58.5 cm³/mol. The van der Waals surface area contributed by atoms with E-state index in [0.717, 1.165) is 10.8 Å². The summed E-state index contributed by atoms with van der Waals surface area (Å²) in [5.74, 6) is 0.0457. The second kappa shape index (κ2) is 5.07. The van der Waals surface area contributed by atoms with Crippen LogP contribution in [-0.2, 0) is 4.79 Å². The molecule has 0 aliphatic rings. The van der Waals surface area contributed by atoms with Gasteiger partial charge in [0.05, 0.1) is 5.69 Å². The van der Waals surface area contributed by atoms with Gasteiger partial charge in [-0.2, -0.15) is 0 Å². The first-order valence-electron chi connectivity index (χ1n) is 4.61.